The van der Waals surface area contributed by atoms with Crippen molar-refractivity contribution in [3.8, 4) is 11.5 Å². The third-order valence-electron chi connectivity index (χ3n) is 5.34. The van der Waals surface area contributed by atoms with Gasteiger partial charge in [0.25, 0.3) is 5.91 Å². The molecule has 0 bridgehead atoms. The Labute approximate surface area is 179 Å². The molecule has 3 N–H and O–H groups in total. The summed E-state index contributed by atoms with van der Waals surface area (Å²) in [5.74, 6) is 1.48. The largest absolute Gasteiger partial charge is 0.493 e. The molecule has 30 heavy (non-hydrogen) atoms. The molecule has 1 amide bonds. The van der Waals surface area contributed by atoms with Crippen molar-refractivity contribution in [3.63, 3.8) is 0 Å². The van der Waals surface area contributed by atoms with E-state index in [1.165, 1.54) is 10.5 Å². The molecule has 0 atom stereocenters. The van der Waals surface area contributed by atoms with Gasteiger partial charge in [0.1, 0.15) is 32.8 Å². The van der Waals surface area contributed by atoms with Crippen LogP contribution in [0.4, 0.5) is 0 Å². The van der Waals surface area contributed by atoms with E-state index in [0.29, 0.717) is 31.2 Å². The summed E-state index contributed by atoms with van der Waals surface area (Å²) in [4.78, 5) is 15.2. The number of para-hydroxylation sites is 2. The number of methoxy groups -OCH3 is 1. The summed E-state index contributed by atoms with van der Waals surface area (Å²) >= 11 is 0. The molecule has 1 saturated heterocycles. The lowest BCUT2D eigenvalue weighted by molar-refractivity contribution is -1.01. The van der Waals surface area contributed by atoms with Gasteiger partial charge in [0.15, 0.2) is 18.0 Å². The Morgan fingerprint density at radius 3 is 2.37 bits per heavy atom. The maximum absolute atomic E-state index is 12.2. The van der Waals surface area contributed by atoms with Crippen LogP contribution in [0.2, 0.25) is 0 Å². The highest BCUT2D eigenvalue weighted by molar-refractivity contribution is 5.76. The number of rotatable bonds is 10. The van der Waals surface area contributed by atoms with Crippen molar-refractivity contribution >= 4 is 12.0 Å². The number of benzene rings is 2. The van der Waals surface area contributed by atoms with Crippen LogP contribution in [0.1, 0.15) is 5.56 Å². The number of ether oxygens (including phenoxy) is 2. The van der Waals surface area contributed by atoms with E-state index < -0.39 is 0 Å². The minimum atomic E-state index is 0.0843. The van der Waals surface area contributed by atoms with Crippen LogP contribution in [-0.4, -0.2) is 65.4 Å². The highest BCUT2D eigenvalue weighted by Gasteiger charge is 2.23. The van der Waals surface area contributed by atoms with Gasteiger partial charge in [0, 0.05) is 0 Å². The standard InChI is InChI=1S/C24H31N3O3/c1-29-22-11-5-6-12-23(22)30-19-13-25-24(28)20-27-17-15-26(16-18-27)14-7-10-21-8-3-2-4-9-21/h2-12H,13-20H2,1H3,(H,25,28)/p+2/b10-7+. The first-order valence-electron chi connectivity index (χ1n) is 10.7. The van der Waals surface area contributed by atoms with Crippen molar-refractivity contribution < 1.29 is 24.1 Å². The fourth-order valence-corrected chi connectivity index (χ4v) is 3.64. The summed E-state index contributed by atoms with van der Waals surface area (Å²) in [5, 5.41) is 2.96. The zero-order chi connectivity index (χ0) is 21.0. The Morgan fingerprint density at radius 2 is 1.63 bits per heavy atom. The van der Waals surface area contributed by atoms with Crippen LogP contribution in [0, 0.1) is 0 Å². The highest BCUT2D eigenvalue weighted by atomic mass is 16.5. The summed E-state index contributed by atoms with van der Waals surface area (Å²) in [5.41, 5.74) is 1.24. The van der Waals surface area contributed by atoms with Gasteiger partial charge in [0.2, 0.25) is 0 Å². The van der Waals surface area contributed by atoms with E-state index in [2.05, 4.69) is 41.7 Å². The van der Waals surface area contributed by atoms with Crippen LogP contribution in [-0.2, 0) is 4.79 Å². The third kappa shape index (κ3) is 7.21. The molecule has 0 spiro atoms. The van der Waals surface area contributed by atoms with Gasteiger partial charge in [-0.2, -0.15) is 0 Å². The van der Waals surface area contributed by atoms with Crippen LogP contribution >= 0.6 is 0 Å². The Kier molecular flexibility index (Phi) is 8.75. The molecule has 1 aliphatic rings. The maximum atomic E-state index is 12.2. The smallest absolute Gasteiger partial charge is 0.275 e. The van der Waals surface area contributed by atoms with Crippen LogP contribution in [0.25, 0.3) is 6.08 Å². The monoisotopic (exact) mass is 411 g/mol. The third-order valence-corrected chi connectivity index (χ3v) is 5.34. The molecular formula is C24H33N3O3+2. The SMILES string of the molecule is COc1ccccc1OCCNC(=O)C[NH+]1CC[NH+](C/C=C/c2ccccc2)CC1. The summed E-state index contributed by atoms with van der Waals surface area (Å²) in [7, 11) is 1.62. The first-order chi connectivity index (χ1) is 14.7. The Balaban J connectivity index is 1.28. The number of hydrogen-bond donors (Lipinski definition) is 3. The number of carbonyl (C=O) groups excluding carboxylic acids is 1. The lowest BCUT2D eigenvalue weighted by Gasteiger charge is -2.28. The van der Waals surface area contributed by atoms with Crippen LogP contribution in [0.15, 0.2) is 60.7 Å². The number of hydrogen-bond acceptors (Lipinski definition) is 3. The lowest BCUT2D eigenvalue weighted by Crippen LogP contribution is -3.28. The fourth-order valence-electron chi connectivity index (χ4n) is 3.64. The first kappa shape index (κ1) is 21.9. The van der Waals surface area contributed by atoms with Gasteiger partial charge in [-0.3, -0.25) is 4.79 Å². The number of carbonyl (C=O) groups is 1. The summed E-state index contributed by atoms with van der Waals surface area (Å²) in [6.07, 6.45) is 4.44. The molecule has 1 fully saturated rings. The molecule has 0 unspecified atom stereocenters. The average molecular weight is 412 g/mol. The van der Waals surface area contributed by atoms with E-state index in [1.54, 1.807) is 12.0 Å². The quantitative estimate of drug-likeness (QED) is 0.470. The minimum Gasteiger partial charge on any atom is -0.493 e. The second-order valence-electron chi connectivity index (χ2n) is 7.54. The van der Waals surface area contributed by atoms with Crippen LogP contribution in [0.5, 0.6) is 11.5 Å². The van der Waals surface area contributed by atoms with E-state index in [1.807, 2.05) is 30.3 Å². The molecule has 0 radical (unpaired) electrons. The summed E-state index contributed by atoms with van der Waals surface area (Å²) in [6, 6.07) is 17.9. The topological polar surface area (TPSA) is 56.4 Å². The second-order valence-corrected chi connectivity index (χ2v) is 7.54. The molecule has 3 rings (SSSR count). The molecule has 1 aliphatic heterocycles. The minimum absolute atomic E-state index is 0.0843. The van der Waals surface area contributed by atoms with Crippen molar-refractivity contribution in [2.75, 3.05) is 59.5 Å². The first-order valence-corrected chi connectivity index (χ1v) is 10.7. The molecule has 160 valence electrons. The summed E-state index contributed by atoms with van der Waals surface area (Å²) in [6.45, 7) is 6.73. The Morgan fingerprint density at radius 1 is 0.967 bits per heavy atom. The molecular weight excluding hydrogens is 378 g/mol. The van der Waals surface area contributed by atoms with Gasteiger partial charge in [-0.25, -0.2) is 0 Å². The predicted octanol–water partition coefficient (Wildman–Crippen LogP) is -0.313. The molecule has 1 heterocycles. The summed E-state index contributed by atoms with van der Waals surface area (Å²) < 4.78 is 11.0. The maximum Gasteiger partial charge on any atom is 0.275 e. The predicted molar refractivity (Wildman–Crippen MR) is 118 cm³/mol. The van der Waals surface area contributed by atoms with Gasteiger partial charge in [-0.1, -0.05) is 48.5 Å². The number of amides is 1. The average Bonchev–Trinajstić information content (AvgIpc) is 2.79. The van der Waals surface area contributed by atoms with Gasteiger partial charge in [-0.05, 0) is 23.8 Å². The molecule has 0 aromatic heterocycles. The molecule has 0 saturated carbocycles. The van der Waals surface area contributed by atoms with Crippen molar-refractivity contribution in [1.82, 2.24) is 5.32 Å². The van der Waals surface area contributed by atoms with E-state index >= 15 is 0 Å². The van der Waals surface area contributed by atoms with E-state index in [4.69, 9.17) is 9.47 Å². The molecule has 0 aliphatic carbocycles. The molecule has 6 heteroatoms. The van der Waals surface area contributed by atoms with Gasteiger partial charge < -0.3 is 24.6 Å². The number of nitrogens with one attached hydrogen (secondary N) is 3. The molecule has 2 aromatic carbocycles. The van der Waals surface area contributed by atoms with Crippen LogP contribution in [0.3, 0.4) is 0 Å². The van der Waals surface area contributed by atoms with Crippen molar-refractivity contribution in [3.05, 3.63) is 66.2 Å². The zero-order valence-electron chi connectivity index (χ0n) is 17.7. The van der Waals surface area contributed by atoms with Gasteiger partial charge >= 0.3 is 0 Å². The van der Waals surface area contributed by atoms with E-state index in [-0.39, 0.29) is 5.91 Å². The molecule has 6 nitrogen and oxygen atoms in total. The number of quaternary nitrogens is 2. The van der Waals surface area contributed by atoms with E-state index in [0.717, 1.165) is 32.7 Å². The van der Waals surface area contributed by atoms with Crippen molar-refractivity contribution in [2.24, 2.45) is 0 Å². The Bertz CT molecular complexity index is 802. The van der Waals surface area contributed by atoms with Gasteiger partial charge in [-0.15, -0.1) is 0 Å². The Hall–Kier alpha value is -2.83. The van der Waals surface area contributed by atoms with Crippen LogP contribution < -0.4 is 24.6 Å². The second kappa shape index (κ2) is 12.0. The van der Waals surface area contributed by atoms with E-state index in [9.17, 15) is 4.79 Å². The lowest BCUT2D eigenvalue weighted by atomic mass is 10.2. The van der Waals surface area contributed by atoms with Gasteiger partial charge in [0.05, 0.1) is 20.2 Å². The molecule has 2 aromatic rings. The number of piperazine rings is 1. The zero-order valence-corrected chi connectivity index (χ0v) is 17.7. The fraction of sp³-hybridized carbons (Fsp3) is 0.375. The van der Waals surface area contributed by atoms with Crippen molar-refractivity contribution in [2.45, 2.75) is 0 Å². The normalized spacial score (nSPS) is 18.8. The van der Waals surface area contributed by atoms with Crippen molar-refractivity contribution in [1.29, 1.82) is 0 Å². The highest BCUT2D eigenvalue weighted by Crippen LogP contribution is 2.25.